The molecule has 1 aliphatic rings. The molecule has 21 heavy (non-hydrogen) atoms. The summed E-state index contributed by atoms with van der Waals surface area (Å²) in [7, 11) is 0. The van der Waals surface area contributed by atoms with Gasteiger partial charge in [0.15, 0.2) is 6.10 Å². The molecule has 1 aliphatic heterocycles. The Morgan fingerprint density at radius 1 is 1.43 bits per heavy atom. The second kappa shape index (κ2) is 6.62. The summed E-state index contributed by atoms with van der Waals surface area (Å²) in [4.78, 5) is 24.5. The molecule has 2 atom stereocenters. The Morgan fingerprint density at radius 2 is 2.05 bits per heavy atom. The quantitative estimate of drug-likeness (QED) is 0.814. The van der Waals surface area contributed by atoms with E-state index in [0.29, 0.717) is 12.8 Å². The van der Waals surface area contributed by atoms with E-state index in [1.54, 1.807) is 20.8 Å². The number of hydrogen-bond acceptors (Lipinski definition) is 5. The molecule has 7 nitrogen and oxygen atoms in total. The van der Waals surface area contributed by atoms with Crippen molar-refractivity contribution in [3.8, 4) is 0 Å². The molecule has 0 bridgehead atoms. The molecule has 1 amide bonds. The summed E-state index contributed by atoms with van der Waals surface area (Å²) in [5.41, 5.74) is -1.94. The van der Waals surface area contributed by atoms with Crippen LogP contribution >= 0.6 is 0 Å². The third-order valence-electron chi connectivity index (χ3n) is 3.07. The number of nitrogens with zero attached hydrogens (tertiary/aromatic N) is 1. The Morgan fingerprint density at radius 3 is 2.52 bits per heavy atom. The highest BCUT2D eigenvalue weighted by molar-refractivity contribution is 5.75. The first-order valence-electron chi connectivity index (χ1n) is 7.11. The third-order valence-corrected chi connectivity index (χ3v) is 3.07. The molecule has 0 aliphatic carbocycles. The molecule has 0 saturated carbocycles. The highest BCUT2D eigenvalue weighted by Crippen LogP contribution is 2.22. The third kappa shape index (κ3) is 5.51. The van der Waals surface area contributed by atoms with Gasteiger partial charge in [-0.25, -0.2) is 9.59 Å². The summed E-state index contributed by atoms with van der Waals surface area (Å²) in [6, 6.07) is 0. The molecule has 0 unspecified atom stereocenters. The van der Waals surface area contributed by atoms with Crippen molar-refractivity contribution in [3.63, 3.8) is 0 Å². The van der Waals surface area contributed by atoms with Gasteiger partial charge < -0.3 is 24.6 Å². The van der Waals surface area contributed by atoms with Crippen LogP contribution in [0, 0.1) is 0 Å². The van der Waals surface area contributed by atoms with Crippen LogP contribution in [0.5, 0.6) is 0 Å². The molecule has 1 heterocycles. The molecular weight excluding hydrogens is 278 g/mol. The monoisotopic (exact) mass is 303 g/mol. The van der Waals surface area contributed by atoms with Crippen molar-refractivity contribution < 1.29 is 29.3 Å². The maximum absolute atomic E-state index is 12.2. The second-order valence-electron chi connectivity index (χ2n) is 6.47. The Bertz CT molecular complexity index is 391. The lowest BCUT2D eigenvalue weighted by molar-refractivity contribution is -0.152. The normalized spacial score (nSPS) is 27.1. The van der Waals surface area contributed by atoms with E-state index < -0.39 is 29.4 Å². The van der Waals surface area contributed by atoms with E-state index >= 15 is 0 Å². The number of carboxylic acids is 1. The van der Waals surface area contributed by atoms with Crippen molar-refractivity contribution in [1.29, 1.82) is 0 Å². The molecule has 0 spiro atoms. The number of carbonyl (C=O) groups excluding carboxylic acids is 1. The van der Waals surface area contributed by atoms with E-state index in [9.17, 15) is 14.7 Å². The van der Waals surface area contributed by atoms with Gasteiger partial charge in [-0.2, -0.15) is 0 Å². The fourth-order valence-electron chi connectivity index (χ4n) is 2.21. The molecule has 1 saturated heterocycles. The van der Waals surface area contributed by atoms with E-state index in [-0.39, 0.29) is 19.7 Å². The maximum atomic E-state index is 12.2. The number of aliphatic carboxylic acids is 1. The molecular formula is C14H25NO6. The van der Waals surface area contributed by atoms with Crippen LogP contribution < -0.4 is 0 Å². The van der Waals surface area contributed by atoms with Crippen LogP contribution in [-0.4, -0.2) is 64.2 Å². The van der Waals surface area contributed by atoms with E-state index in [0.717, 1.165) is 0 Å². The second-order valence-corrected chi connectivity index (χ2v) is 6.47. The minimum absolute atomic E-state index is 0.000463. The fraction of sp³-hybridized carbons (Fsp3) is 0.857. The van der Waals surface area contributed by atoms with Crippen LogP contribution in [0.3, 0.4) is 0 Å². The largest absolute Gasteiger partial charge is 0.479 e. The maximum Gasteiger partial charge on any atom is 0.410 e. The van der Waals surface area contributed by atoms with Crippen molar-refractivity contribution in [2.45, 2.75) is 57.8 Å². The first-order valence-corrected chi connectivity index (χ1v) is 7.11. The van der Waals surface area contributed by atoms with Gasteiger partial charge in [0.05, 0.1) is 19.7 Å². The van der Waals surface area contributed by atoms with Crippen LogP contribution in [0.4, 0.5) is 4.79 Å². The summed E-state index contributed by atoms with van der Waals surface area (Å²) < 4.78 is 10.5. The van der Waals surface area contributed by atoms with Crippen LogP contribution in [0.15, 0.2) is 0 Å². The molecule has 7 heteroatoms. The fourth-order valence-corrected chi connectivity index (χ4v) is 2.21. The number of ether oxygens (including phenoxy) is 2. The molecule has 2 N–H and O–H groups in total. The number of carbonyl (C=O) groups is 2. The van der Waals surface area contributed by atoms with Crippen molar-refractivity contribution in [2.24, 2.45) is 0 Å². The standard InChI is InChI=1S/C14H25NO6/c1-5-6-14(19)8-15(12(18)21-13(2,3)4)7-10(11(16)17)20-9-14/h10,19H,5-9H2,1-4H3,(H,16,17)/t10-,14-/m0/s1. The number of hydrogen-bond donors (Lipinski definition) is 2. The lowest BCUT2D eigenvalue weighted by Gasteiger charge is -2.32. The molecule has 0 radical (unpaired) electrons. The van der Waals surface area contributed by atoms with Crippen molar-refractivity contribution in [2.75, 3.05) is 19.7 Å². The van der Waals surface area contributed by atoms with Crippen LogP contribution in [0.1, 0.15) is 40.5 Å². The van der Waals surface area contributed by atoms with Gasteiger partial charge in [-0.05, 0) is 27.2 Å². The lowest BCUT2D eigenvalue weighted by atomic mass is 9.99. The number of β-amino-alcohol motifs (C(OH)–C–C–N with tert-alkyl or cyclic N) is 1. The van der Waals surface area contributed by atoms with Crippen LogP contribution in [0.25, 0.3) is 0 Å². The first-order chi connectivity index (χ1) is 9.56. The Kier molecular flexibility index (Phi) is 5.58. The molecule has 122 valence electrons. The zero-order valence-electron chi connectivity index (χ0n) is 13.1. The topological polar surface area (TPSA) is 96.3 Å². The van der Waals surface area contributed by atoms with Gasteiger partial charge >= 0.3 is 12.1 Å². The van der Waals surface area contributed by atoms with E-state index in [2.05, 4.69) is 0 Å². The molecule has 1 rings (SSSR count). The van der Waals surface area contributed by atoms with Crippen LogP contribution in [-0.2, 0) is 14.3 Å². The number of rotatable bonds is 3. The lowest BCUT2D eigenvalue weighted by Crippen LogP contribution is -2.48. The van der Waals surface area contributed by atoms with Gasteiger partial charge in [-0.15, -0.1) is 0 Å². The van der Waals surface area contributed by atoms with Gasteiger partial charge in [-0.1, -0.05) is 13.3 Å². The van der Waals surface area contributed by atoms with Crippen molar-refractivity contribution in [3.05, 3.63) is 0 Å². The number of carboxylic acid groups (broad SMARTS) is 1. The summed E-state index contributed by atoms with van der Waals surface area (Å²) in [6.07, 6.45) is -0.699. The Hall–Kier alpha value is -1.34. The Balaban J connectivity index is 2.91. The van der Waals surface area contributed by atoms with E-state index in [4.69, 9.17) is 14.6 Å². The predicted octanol–water partition coefficient (Wildman–Crippen LogP) is 1.24. The average molecular weight is 303 g/mol. The van der Waals surface area contributed by atoms with Crippen molar-refractivity contribution >= 4 is 12.1 Å². The van der Waals surface area contributed by atoms with Gasteiger partial charge in [-0.3, -0.25) is 0 Å². The predicted molar refractivity (Wildman–Crippen MR) is 75.0 cm³/mol. The van der Waals surface area contributed by atoms with Gasteiger partial charge in [0.1, 0.15) is 11.2 Å². The minimum atomic E-state index is -1.25. The first kappa shape index (κ1) is 17.7. The number of aliphatic hydroxyl groups is 1. The van der Waals surface area contributed by atoms with Crippen molar-refractivity contribution in [1.82, 2.24) is 4.90 Å². The van der Waals surface area contributed by atoms with E-state index in [1.165, 1.54) is 4.90 Å². The molecule has 1 fully saturated rings. The molecule has 0 aromatic heterocycles. The van der Waals surface area contributed by atoms with Gasteiger partial charge in [0.25, 0.3) is 0 Å². The zero-order chi connectivity index (χ0) is 16.3. The van der Waals surface area contributed by atoms with E-state index in [1.807, 2.05) is 6.92 Å². The summed E-state index contributed by atoms with van der Waals surface area (Å²) in [5.74, 6) is -1.16. The highest BCUT2D eigenvalue weighted by Gasteiger charge is 2.40. The Labute approximate surface area is 124 Å². The summed E-state index contributed by atoms with van der Waals surface area (Å²) in [6.45, 7) is 6.83. The smallest absolute Gasteiger partial charge is 0.410 e. The summed E-state index contributed by atoms with van der Waals surface area (Å²) >= 11 is 0. The van der Waals surface area contributed by atoms with Crippen LogP contribution in [0.2, 0.25) is 0 Å². The summed E-state index contributed by atoms with van der Waals surface area (Å²) in [5, 5.41) is 19.6. The zero-order valence-corrected chi connectivity index (χ0v) is 13.1. The SMILES string of the molecule is CCC[C@@]1(O)CO[C@H](C(=O)O)CN(C(=O)OC(C)(C)C)C1. The minimum Gasteiger partial charge on any atom is -0.479 e. The molecule has 0 aromatic rings. The van der Waals surface area contributed by atoms with Gasteiger partial charge in [0, 0.05) is 0 Å². The molecule has 0 aromatic carbocycles. The van der Waals surface area contributed by atoms with Gasteiger partial charge in [0.2, 0.25) is 0 Å². The highest BCUT2D eigenvalue weighted by atomic mass is 16.6. The average Bonchev–Trinajstić information content (AvgIpc) is 2.47. The number of amides is 1.